The molecule has 0 atom stereocenters. The predicted octanol–water partition coefficient (Wildman–Crippen LogP) is 1.38. The van der Waals surface area contributed by atoms with Crippen LogP contribution in [0, 0.1) is 6.92 Å². The number of nitrogens with one attached hydrogen (secondary N) is 1. The summed E-state index contributed by atoms with van der Waals surface area (Å²) in [4.78, 5) is 25.0. The molecule has 1 fully saturated rings. The van der Waals surface area contributed by atoms with Gasteiger partial charge in [0.25, 0.3) is 5.91 Å². The van der Waals surface area contributed by atoms with E-state index in [1.54, 1.807) is 12.1 Å². The maximum atomic E-state index is 12.0. The first-order chi connectivity index (χ1) is 9.56. The monoisotopic (exact) mass is 296 g/mol. The second-order valence-corrected chi connectivity index (χ2v) is 5.15. The first kappa shape index (κ1) is 14.7. The topological polar surface area (TPSA) is 58.6 Å². The van der Waals surface area contributed by atoms with E-state index >= 15 is 0 Å². The Morgan fingerprint density at radius 3 is 3.10 bits per heavy atom. The van der Waals surface area contributed by atoms with E-state index in [1.165, 1.54) is 4.90 Å². The molecular weight excluding hydrogens is 280 g/mol. The third-order valence-corrected chi connectivity index (χ3v) is 3.36. The Morgan fingerprint density at radius 2 is 2.30 bits per heavy atom. The Balaban J connectivity index is 1.94. The van der Waals surface area contributed by atoms with Crippen molar-refractivity contribution < 1.29 is 14.3 Å². The molecule has 0 aromatic heterocycles. The highest BCUT2D eigenvalue weighted by atomic mass is 35.5. The van der Waals surface area contributed by atoms with Crippen molar-refractivity contribution in [3.63, 3.8) is 0 Å². The molecule has 20 heavy (non-hydrogen) atoms. The Labute approximate surface area is 122 Å². The van der Waals surface area contributed by atoms with E-state index in [0.717, 1.165) is 12.0 Å². The molecule has 6 heteroatoms. The lowest BCUT2D eigenvalue weighted by Gasteiger charge is -2.19. The van der Waals surface area contributed by atoms with E-state index in [1.807, 2.05) is 13.0 Å². The van der Waals surface area contributed by atoms with Crippen LogP contribution in [0.25, 0.3) is 0 Å². The van der Waals surface area contributed by atoms with Gasteiger partial charge in [-0.15, -0.1) is 0 Å². The van der Waals surface area contributed by atoms with Gasteiger partial charge in [-0.2, -0.15) is 0 Å². The number of aryl methyl sites for hydroxylation is 1. The van der Waals surface area contributed by atoms with Crippen molar-refractivity contribution in [1.29, 1.82) is 0 Å². The van der Waals surface area contributed by atoms with Gasteiger partial charge in [0.2, 0.25) is 5.91 Å². The fraction of sp³-hybridized carbons (Fsp3) is 0.429. The maximum absolute atomic E-state index is 12.0. The standard InChI is InChI=1S/C14H17ClN2O3/c1-10-3-4-11(15)12(7-10)20-9-14(19)17-6-2-5-16-13(18)8-17/h3-4,7H,2,5-6,8-9H2,1H3,(H,16,18). The highest BCUT2D eigenvalue weighted by Crippen LogP contribution is 2.25. The third-order valence-electron chi connectivity index (χ3n) is 3.05. The van der Waals surface area contributed by atoms with E-state index in [9.17, 15) is 9.59 Å². The van der Waals surface area contributed by atoms with Crippen LogP contribution in [0.5, 0.6) is 5.75 Å². The van der Waals surface area contributed by atoms with Crippen LogP contribution in [0.1, 0.15) is 12.0 Å². The summed E-state index contributed by atoms with van der Waals surface area (Å²) < 4.78 is 5.45. The van der Waals surface area contributed by atoms with E-state index in [-0.39, 0.29) is 25.0 Å². The van der Waals surface area contributed by atoms with Gasteiger partial charge in [0.05, 0.1) is 11.6 Å². The molecule has 1 aliphatic rings. The molecule has 0 spiro atoms. The zero-order valence-corrected chi connectivity index (χ0v) is 12.1. The summed E-state index contributed by atoms with van der Waals surface area (Å²) in [6.45, 7) is 3.06. The fourth-order valence-electron chi connectivity index (χ4n) is 1.97. The van der Waals surface area contributed by atoms with Crippen LogP contribution in [0.4, 0.5) is 0 Å². The van der Waals surface area contributed by atoms with Gasteiger partial charge < -0.3 is 15.0 Å². The van der Waals surface area contributed by atoms with Crippen LogP contribution in [0.3, 0.4) is 0 Å². The first-order valence-electron chi connectivity index (χ1n) is 6.49. The largest absolute Gasteiger partial charge is 0.482 e. The zero-order chi connectivity index (χ0) is 14.5. The molecule has 1 heterocycles. The molecule has 1 aliphatic heterocycles. The van der Waals surface area contributed by atoms with Gasteiger partial charge in [0, 0.05) is 13.1 Å². The normalized spacial score (nSPS) is 15.5. The smallest absolute Gasteiger partial charge is 0.260 e. The Kier molecular flexibility index (Phi) is 4.84. The lowest BCUT2D eigenvalue weighted by Crippen LogP contribution is -2.39. The highest BCUT2D eigenvalue weighted by Gasteiger charge is 2.20. The summed E-state index contributed by atoms with van der Waals surface area (Å²) in [6.07, 6.45) is 0.753. The minimum atomic E-state index is -0.209. The number of nitrogens with zero attached hydrogens (tertiary/aromatic N) is 1. The summed E-state index contributed by atoms with van der Waals surface area (Å²) in [6, 6.07) is 5.39. The second kappa shape index (κ2) is 6.61. The van der Waals surface area contributed by atoms with Crippen molar-refractivity contribution in [3.8, 4) is 5.75 Å². The Bertz CT molecular complexity index is 519. The van der Waals surface area contributed by atoms with Gasteiger partial charge in [-0.1, -0.05) is 17.7 Å². The number of ether oxygens (including phenoxy) is 1. The van der Waals surface area contributed by atoms with E-state index < -0.39 is 0 Å². The van der Waals surface area contributed by atoms with Crippen LogP contribution in [-0.2, 0) is 9.59 Å². The van der Waals surface area contributed by atoms with Gasteiger partial charge >= 0.3 is 0 Å². The van der Waals surface area contributed by atoms with E-state index in [4.69, 9.17) is 16.3 Å². The average molecular weight is 297 g/mol. The van der Waals surface area contributed by atoms with Crippen LogP contribution in [0.15, 0.2) is 18.2 Å². The van der Waals surface area contributed by atoms with Crippen LogP contribution in [-0.4, -0.2) is 43.0 Å². The molecule has 2 rings (SSSR count). The number of hydrogen-bond donors (Lipinski definition) is 1. The number of hydrogen-bond acceptors (Lipinski definition) is 3. The van der Waals surface area contributed by atoms with Gasteiger partial charge in [-0.05, 0) is 31.0 Å². The molecule has 108 valence electrons. The minimum Gasteiger partial charge on any atom is -0.482 e. The van der Waals surface area contributed by atoms with Gasteiger partial charge in [0.1, 0.15) is 5.75 Å². The van der Waals surface area contributed by atoms with Crippen molar-refractivity contribution in [2.24, 2.45) is 0 Å². The highest BCUT2D eigenvalue weighted by molar-refractivity contribution is 6.32. The number of rotatable bonds is 3. The number of benzene rings is 1. The predicted molar refractivity (Wildman–Crippen MR) is 75.9 cm³/mol. The molecule has 5 nitrogen and oxygen atoms in total. The van der Waals surface area contributed by atoms with E-state index in [0.29, 0.717) is 23.9 Å². The van der Waals surface area contributed by atoms with Crippen LogP contribution in [0.2, 0.25) is 5.02 Å². The lowest BCUT2D eigenvalue weighted by molar-refractivity contribution is -0.136. The summed E-state index contributed by atoms with van der Waals surface area (Å²) in [5, 5.41) is 3.19. The molecule has 0 radical (unpaired) electrons. The number of amides is 2. The van der Waals surface area contributed by atoms with Crippen molar-refractivity contribution in [1.82, 2.24) is 10.2 Å². The van der Waals surface area contributed by atoms with Crippen molar-refractivity contribution in [2.75, 3.05) is 26.2 Å². The number of carbonyl (C=O) groups excluding carboxylic acids is 2. The zero-order valence-electron chi connectivity index (χ0n) is 11.3. The molecule has 1 N–H and O–H groups in total. The van der Waals surface area contributed by atoms with Gasteiger partial charge in [0.15, 0.2) is 6.61 Å². The fourth-order valence-corrected chi connectivity index (χ4v) is 2.14. The molecule has 1 saturated heterocycles. The summed E-state index contributed by atoms with van der Waals surface area (Å²) in [7, 11) is 0. The maximum Gasteiger partial charge on any atom is 0.260 e. The molecule has 0 bridgehead atoms. The summed E-state index contributed by atoms with van der Waals surface area (Å²) >= 11 is 6.00. The molecule has 0 aliphatic carbocycles. The van der Waals surface area contributed by atoms with E-state index in [2.05, 4.69) is 5.32 Å². The molecule has 2 amide bonds. The molecule has 0 saturated carbocycles. The second-order valence-electron chi connectivity index (χ2n) is 4.74. The SMILES string of the molecule is Cc1ccc(Cl)c(OCC(=O)N2CCCNC(=O)C2)c1. The summed E-state index contributed by atoms with van der Waals surface area (Å²) in [5.41, 5.74) is 1.01. The van der Waals surface area contributed by atoms with Crippen molar-refractivity contribution in [3.05, 3.63) is 28.8 Å². The Morgan fingerprint density at radius 1 is 1.50 bits per heavy atom. The number of halogens is 1. The van der Waals surface area contributed by atoms with Crippen molar-refractivity contribution in [2.45, 2.75) is 13.3 Å². The molecule has 1 aromatic rings. The van der Waals surface area contributed by atoms with Crippen molar-refractivity contribution >= 4 is 23.4 Å². The quantitative estimate of drug-likeness (QED) is 0.917. The third kappa shape index (κ3) is 3.87. The average Bonchev–Trinajstić information content (AvgIpc) is 2.64. The molecule has 0 unspecified atom stereocenters. The Hall–Kier alpha value is -1.75. The lowest BCUT2D eigenvalue weighted by atomic mass is 10.2. The van der Waals surface area contributed by atoms with Gasteiger partial charge in [-0.3, -0.25) is 9.59 Å². The minimum absolute atomic E-state index is 0.0870. The van der Waals surface area contributed by atoms with Crippen LogP contribution < -0.4 is 10.1 Å². The van der Waals surface area contributed by atoms with Gasteiger partial charge in [-0.25, -0.2) is 0 Å². The van der Waals surface area contributed by atoms with Crippen LogP contribution >= 0.6 is 11.6 Å². The number of carbonyl (C=O) groups is 2. The molecule has 1 aromatic carbocycles. The summed E-state index contributed by atoms with van der Waals surface area (Å²) in [5.74, 6) is 0.142. The molecular formula is C14H17ClN2O3. The first-order valence-corrected chi connectivity index (χ1v) is 6.87.